The molecule has 0 atom stereocenters. The molecule has 0 spiro atoms. The van der Waals surface area contributed by atoms with Crippen molar-refractivity contribution < 1.29 is 14.3 Å². The lowest BCUT2D eigenvalue weighted by Gasteiger charge is -2.13. The number of benzene rings is 2. The second-order valence-corrected chi connectivity index (χ2v) is 6.54. The Balaban J connectivity index is 1.82. The highest BCUT2D eigenvalue weighted by molar-refractivity contribution is 6.10. The lowest BCUT2D eigenvalue weighted by atomic mass is 10.1. The van der Waals surface area contributed by atoms with E-state index < -0.39 is 5.97 Å². The van der Waals surface area contributed by atoms with Gasteiger partial charge in [0.25, 0.3) is 5.91 Å². The summed E-state index contributed by atoms with van der Waals surface area (Å²) in [6.45, 7) is 2.28. The molecule has 0 saturated carbocycles. The number of carbonyl (C=O) groups is 2. The summed E-state index contributed by atoms with van der Waals surface area (Å²) in [5.74, 6) is -0.487. The van der Waals surface area contributed by atoms with Crippen LogP contribution in [0.25, 0.3) is 0 Å². The third-order valence-corrected chi connectivity index (χ3v) is 4.23. The number of carbonyl (C=O) groups excluding carboxylic acids is 2. The fraction of sp³-hybridized carbons (Fsp3) is 0.130. The number of aromatic nitrogens is 1. The highest BCUT2D eigenvalue weighted by atomic mass is 16.5. The number of pyridine rings is 1. The molecule has 2 N–H and O–H groups in total. The van der Waals surface area contributed by atoms with Crippen LogP contribution in [0.1, 0.15) is 31.8 Å². The molecule has 0 bridgehead atoms. The van der Waals surface area contributed by atoms with Crippen LogP contribution < -0.4 is 10.6 Å². The SMILES string of the molecule is COC(=O)c1cccc(NC(=NCc2cccnc2)NC(=O)c2ccc(C)cc2)c1. The number of aryl methyl sites for hydroxylation is 1. The second-order valence-electron chi connectivity index (χ2n) is 6.54. The Morgan fingerprint density at radius 2 is 1.83 bits per heavy atom. The molecule has 1 aromatic heterocycles. The molecule has 7 heteroatoms. The molecule has 3 aromatic rings. The van der Waals surface area contributed by atoms with Gasteiger partial charge in [0.05, 0.1) is 19.2 Å². The van der Waals surface area contributed by atoms with Gasteiger partial charge in [-0.05, 0) is 48.9 Å². The number of amides is 1. The minimum Gasteiger partial charge on any atom is -0.465 e. The molecule has 152 valence electrons. The van der Waals surface area contributed by atoms with Gasteiger partial charge < -0.3 is 10.1 Å². The summed E-state index contributed by atoms with van der Waals surface area (Å²) in [5, 5.41) is 5.87. The zero-order chi connectivity index (χ0) is 21.3. The predicted octanol–water partition coefficient (Wildman–Crippen LogP) is 3.57. The van der Waals surface area contributed by atoms with E-state index in [-0.39, 0.29) is 11.9 Å². The fourth-order valence-corrected chi connectivity index (χ4v) is 2.64. The van der Waals surface area contributed by atoms with Gasteiger partial charge in [0, 0.05) is 23.6 Å². The Morgan fingerprint density at radius 1 is 1.03 bits per heavy atom. The quantitative estimate of drug-likeness (QED) is 0.387. The molecule has 7 nitrogen and oxygen atoms in total. The van der Waals surface area contributed by atoms with Crippen LogP contribution in [0.5, 0.6) is 0 Å². The molecule has 0 fully saturated rings. The largest absolute Gasteiger partial charge is 0.465 e. The van der Waals surface area contributed by atoms with Crippen LogP contribution in [0.4, 0.5) is 5.69 Å². The summed E-state index contributed by atoms with van der Waals surface area (Å²) in [4.78, 5) is 33.0. The van der Waals surface area contributed by atoms with Crippen LogP contribution in [-0.2, 0) is 11.3 Å². The number of aliphatic imine (C=N–C) groups is 1. The number of methoxy groups -OCH3 is 1. The van der Waals surface area contributed by atoms with Crippen molar-refractivity contribution in [2.45, 2.75) is 13.5 Å². The van der Waals surface area contributed by atoms with Gasteiger partial charge in [-0.1, -0.05) is 29.8 Å². The third-order valence-electron chi connectivity index (χ3n) is 4.23. The van der Waals surface area contributed by atoms with Gasteiger partial charge in [-0.3, -0.25) is 15.1 Å². The molecule has 3 rings (SSSR count). The minimum atomic E-state index is -0.448. The van der Waals surface area contributed by atoms with Crippen molar-refractivity contribution in [1.29, 1.82) is 0 Å². The first kappa shape index (κ1) is 20.7. The standard InChI is InChI=1S/C23H22N4O3/c1-16-8-10-18(11-9-16)21(28)27-23(25-15-17-5-4-12-24-14-17)26-20-7-3-6-19(13-20)22(29)30-2/h3-14H,15H2,1-2H3,(H2,25,26,27,28). The summed E-state index contributed by atoms with van der Waals surface area (Å²) >= 11 is 0. The number of ether oxygens (including phenoxy) is 1. The average molecular weight is 402 g/mol. The van der Waals surface area contributed by atoms with E-state index in [2.05, 4.69) is 20.6 Å². The van der Waals surface area contributed by atoms with E-state index in [9.17, 15) is 9.59 Å². The number of esters is 1. The number of hydrogen-bond acceptors (Lipinski definition) is 5. The first-order valence-electron chi connectivity index (χ1n) is 9.32. The van der Waals surface area contributed by atoms with Crippen LogP contribution in [0.2, 0.25) is 0 Å². The van der Waals surface area contributed by atoms with Gasteiger partial charge in [-0.2, -0.15) is 0 Å². The van der Waals surface area contributed by atoms with Crippen molar-refractivity contribution in [2.24, 2.45) is 4.99 Å². The Hall–Kier alpha value is -4.00. The van der Waals surface area contributed by atoms with E-state index in [1.165, 1.54) is 7.11 Å². The molecule has 0 aliphatic carbocycles. The lowest BCUT2D eigenvalue weighted by molar-refractivity contribution is 0.0600. The van der Waals surface area contributed by atoms with E-state index in [1.54, 1.807) is 48.8 Å². The molecular weight excluding hydrogens is 380 g/mol. The molecule has 2 aromatic carbocycles. The van der Waals surface area contributed by atoms with Crippen LogP contribution >= 0.6 is 0 Å². The minimum absolute atomic E-state index is 0.256. The number of hydrogen-bond donors (Lipinski definition) is 2. The van der Waals surface area contributed by atoms with Gasteiger partial charge in [0.15, 0.2) is 0 Å². The molecule has 0 aliphatic heterocycles. The maximum atomic E-state index is 12.7. The van der Waals surface area contributed by atoms with Crippen LogP contribution in [0.15, 0.2) is 78.0 Å². The van der Waals surface area contributed by atoms with Gasteiger partial charge in [-0.25, -0.2) is 9.79 Å². The normalized spacial score (nSPS) is 10.9. The van der Waals surface area contributed by atoms with E-state index in [0.29, 0.717) is 23.4 Å². The number of guanidine groups is 1. The first-order chi connectivity index (χ1) is 14.5. The molecule has 0 radical (unpaired) electrons. The molecule has 0 unspecified atom stereocenters. The number of anilines is 1. The maximum absolute atomic E-state index is 12.7. The van der Waals surface area contributed by atoms with E-state index in [0.717, 1.165) is 11.1 Å². The van der Waals surface area contributed by atoms with Crippen LogP contribution in [0.3, 0.4) is 0 Å². The predicted molar refractivity (Wildman–Crippen MR) is 115 cm³/mol. The molecule has 1 heterocycles. The van der Waals surface area contributed by atoms with Gasteiger partial charge >= 0.3 is 5.97 Å². The van der Waals surface area contributed by atoms with Crippen molar-refractivity contribution in [2.75, 3.05) is 12.4 Å². The molecule has 0 aliphatic rings. The van der Waals surface area contributed by atoms with Crippen molar-refractivity contribution in [3.63, 3.8) is 0 Å². The van der Waals surface area contributed by atoms with Crippen molar-refractivity contribution in [3.05, 3.63) is 95.3 Å². The van der Waals surface area contributed by atoms with Crippen molar-refractivity contribution in [1.82, 2.24) is 10.3 Å². The van der Waals surface area contributed by atoms with Crippen LogP contribution in [-0.4, -0.2) is 29.9 Å². The van der Waals surface area contributed by atoms with Crippen molar-refractivity contribution >= 4 is 23.5 Å². The summed E-state index contributed by atoms with van der Waals surface area (Å²) in [6, 6.07) is 17.7. The monoisotopic (exact) mass is 402 g/mol. The Morgan fingerprint density at radius 3 is 2.53 bits per heavy atom. The number of nitrogens with zero attached hydrogens (tertiary/aromatic N) is 2. The van der Waals surface area contributed by atoms with Crippen LogP contribution in [0, 0.1) is 6.92 Å². The first-order valence-corrected chi connectivity index (χ1v) is 9.32. The van der Waals surface area contributed by atoms with Gasteiger partial charge in [0.2, 0.25) is 5.96 Å². The smallest absolute Gasteiger partial charge is 0.337 e. The van der Waals surface area contributed by atoms with Gasteiger partial charge in [0.1, 0.15) is 0 Å². The van der Waals surface area contributed by atoms with E-state index >= 15 is 0 Å². The second kappa shape index (κ2) is 9.97. The average Bonchev–Trinajstić information content (AvgIpc) is 2.78. The Bertz CT molecular complexity index is 1050. The highest BCUT2D eigenvalue weighted by Gasteiger charge is 2.11. The summed E-state index contributed by atoms with van der Waals surface area (Å²) in [6.07, 6.45) is 3.39. The third kappa shape index (κ3) is 5.75. The van der Waals surface area contributed by atoms with E-state index in [1.807, 2.05) is 31.2 Å². The topological polar surface area (TPSA) is 92.7 Å². The Kier molecular flexibility index (Phi) is 6.89. The molecular formula is C23H22N4O3. The Labute approximate surface area is 174 Å². The lowest BCUT2D eigenvalue weighted by Crippen LogP contribution is -2.36. The highest BCUT2D eigenvalue weighted by Crippen LogP contribution is 2.12. The maximum Gasteiger partial charge on any atom is 0.337 e. The molecule has 1 amide bonds. The fourth-order valence-electron chi connectivity index (χ4n) is 2.64. The summed E-state index contributed by atoms with van der Waals surface area (Å²) in [5.41, 5.74) is 3.45. The zero-order valence-corrected chi connectivity index (χ0v) is 16.8. The summed E-state index contributed by atoms with van der Waals surface area (Å²) in [7, 11) is 1.32. The zero-order valence-electron chi connectivity index (χ0n) is 16.8. The molecule has 30 heavy (non-hydrogen) atoms. The van der Waals surface area contributed by atoms with Crippen molar-refractivity contribution in [3.8, 4) is 0 Å². The van der Waals surface area contributed by atoms with E-state index in [4.69, 9.17) is 4.74 Å². The number of nitrogens with one attached hydrogen (secondary N) is 2. The number of rotatable bonds is 5. The summed E-state index contributed by atoms with van der Waals surface area (Å²) < 4.78 is 4.76. The molecule has 0 saturated heterocycles. The van der Waals surface area contributed by atoms with Gasteiger partial charge in [-0.15, -0.1) is 0 Å².